The molecule has 2 heterocycles. The maximum Gasteiger partial charge on any atom is 0.243 e. The summed E-state index contributed by atoms with van der Waals surface area (Å²) in [4.78, 5) is 57.2. The maximum atomic E-state index is 13.6. The van der Waals surface area contributed by atoms with Crippen LogP contribution in [-0.2, 0) is 36.8 Å². The Morgan fingerprint density at radius 1 is 0.805 bits per heavy atom. The predicted octanol–water partition coefficient (Wildman–Crippen LogP) is 3.45. The highest BCUT2D eigenvalue weighted by Gasteiger charge is 2.50. The standard InChI is InChI=1S/C32H44N4O5/c1-4-6-9-15-28(37)34-27(21-24-16-18-33-19-17-24)31(40)35-25(14-7-5-2)30(39)36-26(29(38)32(3)22-41-32)20-23-12-10-8-11-13-23/h8,10-13,16-19,25-27H,4-7,9,14-15,20-22H2,1-3H3,(H,34,37)(H,35,40)(H,36,39)/t25-,26-,27-,32+/m0/s1. The van der Waals surface area contributed by atoms with Gasteiger partial charge in [-0.2, -0.15) is 0 Å². The first-order chi connectivity index (χ1) is 19.8. The van der Waals surface area contributed by atoms with Crippen molar-refractivity contribution >= 4 is 23.5 Å². The molecule has 3 amide bonds. The monoisotopic (exact) mass is 564 g/mol. The zero-order valence-electron chi connectivity index (χ0n) is 24.5. The lowest BCUT2D eigenvalue weighted by Gasteiger charge is -2.26. The third-order valence-corrected chi connectivity index (χ3v) is 7.34. The van der Waals surface area contributed by atoms with Crippen molar-refractivity contribution in [3.8, 4) is 0 Å². The van der Waals surface area contributed by atoms with Crippen LogP contribution in [0.2, 0.25) is 0 Å². The molecule has 0 unspecified atom stereocenters. The van der Waals surface area contributed by atoms with E-state index >= 15 is 0 Å². The van der Waals surface area contributed by atoms with Gasteiger partial charge in [0, 0.05) is 25.2 Å². The minimum Gasteiger partial charge on any atom is -0.361 e. The van der Waals surface area contributed by atoms with Crippen molar-refractivity contribution in [3.63, 3.8) is 0 Å². The third kappa shape index (κ3) is 10.4. The Bertz CT molecular complexity index is 1140. The van der Waals surface area contributed by atoms with Gasteiger partial charge in [-0.1, -0.05) is 69.9 Å². The number of carbonyl (C=O) groups is 4. The second kappa shape index (κ2) is 16.0. The molecule has 0 spiro atoms. The highest BCUT2D eigenvalue weighted by Crippen LogP contribution is 2.29. The molecule has 41 heavy (non-hydrogen) atoms. The van der Waals surface area contributed by atoms with Crippen LogP contribution in [0.3, 0.4) is 0 Å². The van der Waals surface area contributed by atoms with E-state index in [1.54, 1.807) is 31.5 Å². The summed E-state index contributed by atoms with van der Waals surface area (Å²) in [6.45, 7) is 6.11. The van der Waals surface area contributed by atoms with Crippen molar-refractivity contribution in [2.24, 2.45) is 0 Å². The van der Waals surface area contributed by atoms with Gasteiger partial charge in [-0.15, -0.1) is 0 Å². The summed E-state index contributed by atoms with van der Waals surface area (Å²) in [6.07, 6.45) is 8.78. The number of amides is 3. The highest BCUT2D eigenvalue weighted by molar-refractivity contribution is 5.98. The molecule has 1 aromatic carbocycles. The van der Waals surface area contributed by atoms with E-state index in [1.165, 1.54) is 0 Å². The smallest absolute Gasteiger partial charge is 0.243 e. The van der Waals surface area contributed by atoms with Gasteiger partial charge in [-0.05, 0) is 49.4 Å². The van der Waals surface area contributed by atoms with Crippen LogP contribution in [0.25, 0.3) is 0 Å². The van der Waals surface area contributed by atoms with Crippen LogP contribution in [0.4, 0.5) is 0 Å². The Kier molecular flexibility index (Phi) is 12.5. The summed E-state index contributed by atoms with van der Waals surface area (Å²) in [7, 11) is 0. The second-order valence-electron chi connectivity index (χ2n) is 11.0. The number of nitrogens with zero attached hydrogens (tertiary/aromatic N) is 1. The van der Waals surface area contributed by atoms with E-state index in [2.05, 4.69) is 27.9 Å². The zero-order valence-corrected chi connectivity index (χ0v) is 24.5. The Hall–Kier alpha value is -3.59. The number of pyridine rings is 1. The van der Waals surface area contributed by atoms with Crippen LogP contribution < -0.4 is 16.0 Å². The topological polar surface area (TPSA) is 130 Å². The van der Waals surface area contributed by atoms with Gasteiger partial charge in [-0.3, -0.25) is 24.2 Å². The SMILES string of the molecule is CCCCCC(=O)N[C@@H](Cc1ccncc1)C(=O)N[C@@H](CCCC)C(=O)N[C@@H](Cc1ccccc1)C(=O)[C@@]1(C)CO1. The van der Waals surface area contributed by atoms with Crippen molar-refractivity contribution in [1.29, 1.82) is 0 Å². The predicted molar refractivity (Wildman–Crippen MR) is 157 cm³/mol. The van der Waals surface area contributed by atoms with Crippen LogP contribution in [-0.4, -0.2) is 58.8 Å². The van der Waals surface area contributed by atoms with E-state index in [-0.39, 0.29) is 18.1 Å². The molecule has 3 N–H and O–H groups in total. The molecule has 9 heteroatoms. The maximum absolute atomic E-state index is 13.6. The van der Waals surface area contributed by atoms with Crippen LogP contribution in [0.5, 0.6) is 0 Å². The van der Waals surface area contributed by atoms with Gasteiger partial charge < -0.3 is 20.7 Å². The van der Waals surface area contributed by atoms with E-state index < -0.39 is 35.5 Å². The highest BCUT2D eigenvalue weighted by atomic mass is 16.6. The molecule has 2 aromatic rings. The molecule has 0 aliphatic carbocycles. The van der Waals surface area contributed by atoms with Crippen LogP contribution in [0.1, 0.15) is 76.8 Å². The molecule has 4 atom stereocenters. The van der Waals surface area contributed by atoms with Crippen LogP contribution in [0, 0.1) is 0 Å². The number of carbonyl (C=O) groups excluding carboxylic acids is 4. The van der Waals surface area contributed by atoms with Crippen molar-refractivity contribution in [2.45, 2.75) is 102 Å². The molecule has 0 bridgehead atoms. The number of epoxide rings is 1. The summed E-state index contributed by atoms with van der Waals surface area (Å²) in [6, 6.07) is 10.6. The van der Waals surface area contributed by atoms with Crippen LogP contribution in [0.15, 0.2) is 54.9 Å². The number of hydrogen-bond donors (Lipinski definition) is 3. The van der Waals surface area contributed by atoms with E-state index in [1.807, 2.05) is 37.3 Å². The van der Waals surface area contributed by atoms with Crippen molar-refractivity contribution < 1.29 is 23.9 Å². The first-order valence-corrected chi connectivity index (χ1v) is 14.8. The minimum atomic E-state index is -0.910. The number of benzene rings is 1. The third-order valence-electron chi connectivity index (χ3n) is 7.34. The molecular formula is C32H44N4O5. The number of aromatic nitrogens is 1. The first kappa shape index (κ1) is 31.9. The molecular weight excluding hydrogens is 520 g/mol. The van der Waals surface area contributed by atoms with E-state index in [0.717, 1.165) is 36.8 Å². The van der Waals surface area contributed by atoms with Crippen molar-refractivity contribution in [2.75, 3.05) is 6.61 Å². The number of unbranched alkanes of at least 4 members (excludes halogenated alkanes) is 3. The summed E-state index contributed by atoms with van der Waals surface area (Å²) in [5, 5.41) is 8.67. The average molecular weight is 565 g/mol. The van der Waals surface area contributed by atoms with Gasteiger partial charge in [0.1, 0.15) is 17.7 Å². The minimum absolute atomic E-state index is 0.190. The Labute approximate surface area is 243 Å². The molecule has 9 nitrogen and oxygen atoms in total. The molecule has 1 aromatic heterocycles. The lowest BCUT2D eigenvalue weighted by Crippen LogP contribution is -2.57. The Morgan fingerprint density at radius 3 is 2.02 bits per heavy atom. The largest absolute Gasteiger partial charge is 0.361 e. The van der Waals surface area contributed by atoms with Crippen LogP contribution >= 0.6 is 0 Å². The Balaban J connectivity index is 1.75. The normalized spacial score (nSPS) is 18.0. The molecule has 222 valence electrons. The fourth-order valence-corrected chi connectivity index (χ4v) is 4.67. The Morgan fingerprint density at radius 2 is 1.39 bits per heavy atom. The summed E-state index contributed by atoms with van der Waals surface area (Å²) >= 11 is 0. The van der Waals surface area contributed by atoms with E-state index in [9.17, 15) is 19.2 Å². The number of nitrogens with one attached hydrogen (secondary N) is 3. The van der Waals surface area contributed by atoms with E-state index in [4.69, 9.17) is 4.74 Å². The van der Waals surface area contributed by atoms with Gasteiger partial charge in [0.05, 0.1) is 12.6 Å². The quantitative estimate of drug-likeness (QED) is 0.188. The first-order valence-electron chi connectivity index (χ1n) is 14.8. The average Bonchev–Trinajstić information content (AvgIpc) is 3.73. The van der Waals surface area contributed by atoms with Crippen molar-refractivity contribution in [3.05, 3.63) is 66.0 Å². The number of rotatable bonds is 18. The molecule has 0 saturated carbocycles. The van der Waals surface area contributed by atoms with Crippen molar-refractivity contribution in [1.82, 2.24) is 20.9 Å². The lowest BCUT2D eigenvalue weighted by atomic mass is 9.94. The second-order valence-corrected chi connectivity index (χ2v) is 11.0. The summed E-state index contributed by atoms with van der Waals surface area (Å²) in [5.41, 5.74) is 0.842. The molecule has 1 saturated heterocycles. The number of hydrogen-bond acceptors (Lipinski definition) is 6. The molecule has 1 fully saturated rings. The molecule has 0 radical (unpaired) electrons. The lowest BCUT2D eigenvalue weighted by molar-refractivity contribution is -0.134. The fourth-order valence-electron chi connectivity index (χ4n) is 4.67. The molecule has 3 rings (SSSR count). The molecule has 1 aliphatic heterocycles. The number of Topliss-reactive ketones (excluding diaryl/α,β-unsaturated/α-hetero) is 1. The van der Waals surface area contributed by atoms with Gasteiger partial charge in [-0.25, -0.2) is 0 Å². The summed E-state index contributed by atoms with van der Waals surface area (Å²) < 4.78 is 5.39. The summed E-state index contributed by atoms with van der Waals surface area (Å²) in [5.74, 6) is -1.26. The van der Waals surface area contributed by atoms with Gasteiger partial charge in [0.25, 0.3) is 0 Å². The number of ether oxygens (including phenoxy) is 1. The molecule has 1 aliphatic rings. The number of ketones is 1. The van der Waals surface area contributed by atoms with Gasteiger partial charge in [0.2, 0.25) is 17.7 Å². The van der Waals surface area contributed by atoms with Gasteiger partial charge in [0.15, 0.2) is 5.78 Å². The van der Waals surface area contributed by atoms with E-state index in [0.29, 0.717) is 32.3 Å². The van der Waals surface area contributed by atoms with Gasteiger partial charge >= 0.3 is 0 Å². The fraction of sp³-hybridized carbons (Fsp3) is 0.531. The zero-order chi connectivity index (χ0) is 29.7.